The first-order chi connectivity index (χ1) is 9.83. The first-order valence-corrected chi connectivity index (χ1v) is 8.40. The molecule has 0 spiro atoms. The Morgan fingerprint density at radius 3 is 3.00 bits per heavy atom. The molecule has 0 saturated heterocycles. The van der Waals surface area contributed by atoms with E-state index < -0.39 is 0 Å². The average Bonchev–Trinajstić information content (AvgIpc) is 3.16. The van der Waals surface area contributed by atoms with Crippen molar-refractivity contribution in [3.8, 4) is 10.7 Å². The summed E-state index contributed by atoms with van der Waals surface area (Å²) in [6, 6.07) is 8.16. The molecule has 3 heterocycles. The number of thiophene rings is 2. The molecule has 3 nitrogen and oxygen atoms in total. The highest BCUT2D eigenvalue weighted by atomic mass is 35.5. The number of hydrogen-bond acceptors (Lipinski definition) is 4. The zero-order chi connectivity index (χ0) is 13.8. The molecule has 0 atom stereocenters. The molecule has 3 aromatic heterocycles. The number of hydrogen-bond donors (Lipinski definition) is 1. The van der Waals surface area contributed by atoms with Crippen LogP contribution in [0.3, 0.4) is 0 Å². The van der Waals surface area contributed by atoms with E-state index in [0.717, 1.165) is 29.8 Å². The molecular weight excluding hydrogens is 310 g/mol. The van der Waals surface area contributed by atoms with E-state index in [1.807, 2.05) is 18.5 Å². The third-order valence-electron chi connectivity index (χ3n) is 2.91. The predicted molar refractivity (Wildman–Crippen MR) is 86.6 cm³/mol. The lowest BCUT2D eigenvalue weighted by molar-refractivity contribution is 0.604. The van der Waals surface area contributed by atoms with Gasteiger partial charge in [0.1, 0.15) is 5.82 Å². The summed E-state index contributed by atoms with van der Waals surface area (Å²) in [4.78, 5) is 6.90. The van der Waals surface area contributed by atoms with E-state index in [2.05, 4.69) is 38.4 Å². The van der Waals surface area contributed by atoms with Crippen LogP contribution in [0.4, 0.5) is 0 Å². The first-order valence-electron chi connectivity index (χ1n) is 6.33. The van der Waals surface area contributed by atoms with Gasteiger partial charge in [-0.3, -0.25) is 0 Å². The van der Waals surface area contributed by atoms with Crippen molar-refractivity contribution in [1.29, 1.82) is 0 Å². The number of nitrogens with one attached hydrogen (secondary N) is 1. The van der Waals surface area contributed by atoms with Gasteiger partial charge in [-0.2, -0.15) is 0 Å². The average molecular weight is 324 g/mol. The van der Waals surface area contributed by atoms with Gasteiger partial charge in [-0.15, -0.1) is 22.7 Å². The predicted octanol–water partition coefficient (Wildman–Crippen LogP) is 4.12. The molecule has 0 aliphatic rings. The molecule has 1 N–H and O–H groups in total. The summed E-state index contributed by atoms with van der Waals surface area (Å²) in [5.74, 6) is 1.04. The number of aromatic nitrogens is 2. The van der Waals surface area contributed by atoms with E-state index in [1.54, 1.807) is 22.7 Å². The monoisotopic (exact) mass is 323 g/mol. The van der Waals surface area contributed by atoms with Crippen LogP contribution < -0.4 is 5.32 Å². The summed E-state index contributed by atoms with van der Waals surface area (Å²) in [6.07, 6.45) is 3.88. The molecule has 3 rings (SSSR count). The quantitative estimate of drug-likeness (QED) is 0.692. The second-order valence-electron chi connectivity index (χ2n) is 4.30. The molecule has 0 radical (unpaired) electrons. The second-order valence-corrected chi connectivity index (χ2v) is 7.05. The van der Waals surface area contributed by atoms with Crippen molar-refractivity contribution in [2.75, 3.05) is 6.54 Å². The molecule has 3 aromatic rings. The molecular formula is C14H14ClN3S2. The Morgan fingerprint density at radius 2 is 2.25 bits per heavy atom. The molecule has 6 heteroatoms. The Hall–Kier alpha value is -1.14. The van der Waals surface area contributed by atoms with Crippen LogP contribution in [0.5, 0.6) is 0 Å². The molecule has 104 valence electrons. The standard InChI is InChI=1S/C14H14ClN3S2/c15-13-4-3-11(20-13)10-16-5-7-18-8-6-17-14(18)12-2-1-9-19-12/h1-4,6,8-9,16H,5,7,10H2. The van der Waals surface area contributed by atoms with E-state index in [0.29, 0.717) is 0 Å². The minimum Gasteiger partial charge on any atom is -0.329 e. The van der Waals surface area contributed by atoms with Crippen molar-refractivity contribution in [1.82, 2.24) is 14.9 Å². The van der Waals surface area contributed by atoms with Crippen LogP contribution in [0.1, 0.15) is 4.88 Å². The van der Waals surface area contributed by atoms with Crippen LogP contribution in [-0.4, -0.2) is 16.1 Å². The van der Waals surface area contributed by atoms with Gasteiger partial charge in [-0.1, -0.05) is 17.7 Å². The van der Waals surface area contributed by atoms with E-state index in [1.165, 1.54) is 9.75 Å². The van der Waals surface area contributed by atoms with Crippen molar-refractivity contribution in [2.45, 2.75) is 13.1 Å². The van der Waals surface area contributed by atoms with E-state index >= 15 is 0 Å². The molecule has 20 heavy (non-hydrogen) atoms. The van der Waals surface area contributed by atoms with Gasteiger partial charge in [0, 0.05) is 36.9 Å². The molecule has 0 unspecified atom stereocenters. The highest BCUT2D eigenvalue weighted by Gasteiger charge is 2.06. The van der Waals surface area contributed by atoms with Gasteiger partial charge in [-0.05, 0) is 23.6 Å². The van der Waals surface area contributed by atoms with Crippen LogP contribution in [0.15, 0.2) is 42.0 Å². The third-order valence-corrected chi connectivity index (χ3v) is 5.01. The summed E-state index contributed by atoms with van der Waals surface area (Å²) in [7, 11) is 0. The molecule has 0 saturated carbocycles. The SMILES string of the molecule is Clc1ccc(CNCCn2ccnc2-c2cccs2)s1. The van der Waals surface area contributed by atoms with Gasteiger partial charge in [0.2, 0.25) is 0 Å². The zero-order valence-electron chi connectivity index (χ0n) is 10.8. The Labute approximate surface area is 130 Å². The maximum Gasteiger partial charge on any atom is 0.150 e. The third kappa shape index (κ3) is 3.30. The van der Waals surface area contributed by atoms with Gasteiger partial charge in [0.25, 0.3) is 0 Å². The van der Waals surface area contributed by atoms with E-state index in [9.17, 15) is 0 Å². The molecule has 0 aliphatic carbocycles. The molecule has 0 bridgehead atoms. The maximum atomic E-state index is 5.91. The molecule has 0 aromatic carbocycles. The summed E-state index contributed by atoms with van der Waals surface area (Å²) in [5, 5.41) is 5.51. The van der Waals surface area contributed by atoms with Crippen LogP contribution in [0.2, 0.25) is 4.34 Å². The van der Waals surface area contributed by atoms with E-state index in [4.69, 9.17) is 11.6 Å². The van der Waals surface area contributed by atoms with Gasteiger partial charge in [0.05, 0.1) is 9.21 Å². The van der Waals surface area contributed by atoms with Crippen molar-refractivity contribution in [3.63, 3.8) is 0 Å². The minimum atomic E-state index is 0.844. The van der Waals surface area contributed by atoms with Gasteiger partial charge in [0.15, 0.2) is 0 Å². The lowest BCUT2D eigenvalue weighted by Gasteiger charge is -2.07. The van der Waals surface area contributed by atoms with Crippen molar-refractivity contribution >= 4 is 34.3 Å². The van der Waals surface area contributed by atoms with Gasteiger partial charge >= 0.3 is 0 Å². The fourth-order valence-electron chi connectivity index (χ4n) is 1.98. The number of nitrogens with zero attached hydrogens (tertiary/aromatic N) is 2. The largest absolute Gasteiger partial charge is 0.329 e. The molecule has 0 fully saturated rings. The summed E-state index contributed by atoms with van der Waals surface area (Å²) < 4.78 is 3.02. The number of rotatable bonds is 6. The summed E-state index contributed by atoms with van der Waals surface area (Å²) >= 11 is 9.25. The lowest BCUT2D eigenvalue weighted by atomic mass is 10.4. The van der Waals surface area contributed by atoms with Crippen LogP contribution in [-0.2, 0) is 13.1 Å². The zero-order valence-corrected chi connectivity index (χ0v) is 13.1. The Kier molecular flexibility index (Phi) is 4.52. The number of imidazole rings is 1. The fourth-order valence-corrected chi connectivity index (χ4v) is 3.77. The van der Waals surface area contributed by atoms with Crippen LogP contribution in [0, 0.1) is 0 Å². The topological polar surface area (TPSA) is 29.9 Å². The number of halogens is 1. The Morgan fingerprint density at radius 1 is 1.30 bits per heavy atom. The lowest BCUT2D eigenvalue weighted by Crippen LogP contribution is -2.19. The molecule has 0 aliphatic heterocycles. The Balaban J connectivity index is 1.53. The smallest absolute Gasteiger partial charge is 0.150 e. The van der Waals surface area contributed by atoms with Crippen molar-refractivity contribution in [2.24, 2.45) is 0 Å². The van der Waals surface area contributed by atoms with Crippen molar-refractivity contribution in [3.05, 3.63) is 51.3 Å². The maximum absolute atomic E-state index is 5.91. The summed E-state index contributed by atoms with van der Waals surface area (Å²) in [6.45, 7) is 2.68. The normalized spacial score (nSPS) is 11.1. The fraction of sp³-hybridized carbons (Fsp3) is 0.214. The summed E-state index contributed by atoms with van der Waals surface area (Å²) in [5.41, 5.74) is 0. The van der Waals surface area contributed by atoms with Crippen molar-refractivity contribution < 1.29 is 0 Å². The Bertz CT molecular complexity index is 658. The first kappa shape index (κ1) is 13.8. The second kappa shape index (κ2) is 6.54. The molecule has 0 amide bonds. The highest BCUT2D eigenvalue weighted by molar-refractivity contribution is 7.16. The van der Waals surface area contributed by atoms with Crippen LogP contribution >= 0.6 is 34.3 Å². The minimum absolute atomic E-state index is 0.844. The van der Waals surface area contributed by atoms with Crippen LogP contribution in [0.25, 0.3) is 10.7 Å². The van der Waals surface area contributed by atoms with E-state index in [-0.39, 0.29) is 0 Å². The highest BCUT2D eigenvalue weighted by Crippen LogP contribution is 2.23. The van der Waals surface area contributed by atoms with Gasteiger partial charge in [-0.25, -0.2) is 4.98 Å². The van der Waals surface area contributed by atoms with Gasteiger partial charge < -0.3 is 9.88 Å².